The van der Waals surface area contributed by atoms with E-state index in [1.807, 2.05) is 6.92 Å². The van der Waals surface area contributed by atoms with Crippen LogP contribution in [0.3, 0.4) is 0 Å². The summed E-state index contributed by atoms with van der Waals surface area (Å²) >= 11 is 0. The molecule has 30 heavy (non-hydrogen) atoms. The Morgan fingerprint density at radius 3 is 2.37 bits per heavy atom. The summed E-state index contributed by atoms with van der Waals surface area (Å²) in [6.07, 6.45) is 0.0399. The Kier molecular flexibility index (Phi) is 6.20. The maximum Gasteiger partial charge on any atom is 0.303 e. The van der Waals surface area contributed by atoms with Crippen molar-refractivity contribution in [2.75, 3.05) is 13.7 Å². The van der Waals surface area contributed by atoms with E-state index in [1.165, 1.54) is 12.0 Å². The van der Waals surface area contributed by atoms with Crippen LogP contribution < -0.4 is 4.74 Å². The van der Waals surface area contributed by atoms with E-state index in [9.17, 15) is 19.5 Å². The van der Waals surface area contributed by atoms with E-state index in [1.54, 1.807) is 48.5 Å². The van der Waals surface area contributed by atoms with Gasteiger partial charge in [0.25, 0.3) is 11.7 Å². The number of rotatable bonds is 7. The van der Waals surface area contributed by atoms with Crippen LogP contribution >= 0.6 is 0 Å². The first-order chi connectivity index (χ1) is 14.3. The molecule has 1 atom stereocenters. The number of para-hydroxylation sites is 1. The Balaban J connectivity index is 2.14. The van der Waals surface area contributed by atoms with E-state index in [2.05, 4.69) is 0 Å². The van der Waals surface area contributed by atoms with E-state index >= 15 is 0 Å². The quantitative estimate of drug-likeness (QED) is 0.413. The number of carbonyl (C=O) groups is 3. The fourth-order valence-electron chi connectivity index (χ4n) is 3.59. The van der Waals surface area contributed by atoms with Gasteiger partial charge in [-0.15, -0.1) is 0 Å². The van der Waals surface area contributed by atoms with E-state index in [0.29, 0.717) is 16.9 Å². The normalized spacial score (nSPS) is 17.9. The molecule has 0 aliphatic carbocycles. The predicted octanol–water partition coefficient (Wildman–Crippen LogP) is 3.29. The summed E-state index contributed by atoms with van der Waals surface area (Å²) in [4.78, 5) is 37.9. The van der Waals surface area contributed by atoms with E-state index in [0.717, 1.165) is 5.56 Å². The number of aliphatic hydroxyl groups is 1. The van der Waals surface area contributed by atoms with Crippen LogP contribution in [-0.2, 0) is 14.4 Å². The minimum atomic E-state index is -0.986. The number of hydrogen-bond donors (Lipinski definition) is 2. The van der Waals surface area contributed by atoms with Crippen molar-refractivity contribution < 1.29 is 29.3 Å². The molecule has 7 heteroatoms. The van der Waals surface area contributed by atoms with Crippen molar-refractivity contribution in [1.29, 1.82) is 0 Å². The highest BCUT2D eigenvalue weighted by Gasteiger charge is 2.46. The summed E-state index contributed by atoms with van der Waals surface area (Å²) in [5, 5.41) is 19.9. The first kappa shape index (κ1) is 21.1. The zero-order valence-corrected chi connectivity index (χ0v) is 16.8. The molecule has 156 valence electrons. The molecule has 0 unspecified atom stereocenters. The first-order valence-corrected chi connectivity index (χ1v) is 9.55. The topological polar surface area (TPSA) is 104 Å². The maximum atomic E-state index is 12.9. The third-order valence-electron chi connectivity index (χ3n) is 5.09. The highest BCUT2D eigenvalue weighted by molar-refractivity contribution is 6.46. The lowest BCUT2D eigenvalue weighted by molar-refractivity contribution is -0.140. The van der Waals surface area contributed by atoms with Crippen LogP contribution in [0.5, 0.6) is 5.75 Å². The molecule has 0 radical (unpaired) electrons. The molecule has 1 fully saturated rings. The Morgan fingerprint density at radius 2 is 1.73 bits per heavy atom. The molecule has 0 aromatic heterocycles. The fraction of sp³-hybridized carbons (Fsp3) is 0.261. The number of Topliss-reactive ketones (excluding diaryl/α,β-unsaturated/α-hetero) is 1. The van der Waals surface area contributed by atoms with Gasteiger partial charge in [0.2, 0.25) is 0 Å². The van der Waals surface area contributed by atoms with Crippen LogP contribution in [0.1, 0.15) is 35.6 Å². The van der Waals surface area contributed by atoms with Gasteiger partial charge < -0.3 is 19.8 Å². The van der Waals surface area contributed by atoms with Crippen LogP contribution in [0.4, 0.5) is 0 Å². The Bertz CT molecular complexity index is 1010. The molecule has 0 bridgehead atoms. The second-order valence-electron chi connectivity index (χ2n) is 7.10. The molecule has 2 aromatic rings. The van der Waals surface area contributed by atoms with Gasteiger partial charge in [0, 0.05) is 24.1 Å². The average molecular weight is 409 g/mol. The summed E-state index contributed by atoms with van der Waals surface area (Å²) in [6.45, 7) is 1.96. The van der Waals surface area contributed by atoms with Crippen molar-refractivity contribution >= 4 is 23.4 Å². The Hall–Kier alpha value is -3.61. The molecule has 2 aromatic carbocycles. The van der Waals surface area contributed by atoms with Crippen molar-refractivity contribution in [3.63, 3.8) is 0 Å². The van der Waals surface area contributed by atoms with Crippen LogP contribution in [-0.4, -0.2) is 46.4 Å². The van der Waals surface area contributed by atoms with Crippen LogP contribution in [0.25, 0.3) is 5.76 Å². The highest BCUT2D eigenvalue weighted by Crippen LogP contribution is 2.42. The number of hydrogen-bond acceptors (Lipinski definition) is 5. The van der Waals surface area contributed by atoms with E-state index in [4.69, 9.17) is 9.84 Å². The molecule has 1 aliphatic heterocycles. The second kappa shape index (κ2) is 8.82. The van der Waals surface area contributed by atoms with E-state index in [-0.39, 0.29) is 30.7 Å². The largest absolute Gasteiger partial charge is 0.507 e. The van der Waals surface area contributed by atoms with E-state index < -0.39 is 23.7 Å². The van der Waals surface area contributed by atoms with Crippen molar-refractivity contribution in [3.05, 3.63) is 70.8 Å². The minimum Gasteiger partial charge on any atom is -0.507 e. The SMILES string of the molecule is COc1ccccc1[C@H]1C(=C(O)c2ccc(C)cc2)C(=O)C(=O)N1CCCC(=O)O. The van der Waals surface area contributed by atoms with Gasteiger partial charge in [-0.25, -0.2) is 0 Å². The highest BCUT2D eigenvalue weighted by atomic mass is 16.5. The molecule has 0 spiro atoms. The van der Waals surface area contributed by atoms with Crippen LogP contribution in [0.2, 0.25) is 0 Å². The van der Waals surface area contributed by atoms with Crippen molar-refractivity contribution in [2.45, 2.75) is 25.8 Å². The fourth-order valence-corrected chi connectivity index (χ4v) is 3.59. The first-order valence-electron chi connectivity index (χ1n) is 9.55. The predicted molar refractivity (Wildman–Crippen MR) is 110 cm³/mol. The number of ketones is 1. The summed E-state index contributed by atoms with van der Waals surface area (Å²) < 4.78 is 5.42. The molecular weight excluding hydrogens is 386 g/mol. The monoisotopic (exact) mass is 409 g/mol. The lowest BCUT2D eigenvalue weighted by Gasteiger charge is -2.26. The van der Waals surface area contributed by atoms with Crippen molar-refractivity contribution in [1.82, 2.24) is 4.90 Å². The lowest BCUT2D eigenvalue weighted by Crippen LogP contribution is -2.31. The van der Waals surface area contributed by atoms with Gasteiger partial charge in [0.1, 0.15) is 11.5 Å². The number of carboxylic acid groups (broad SMARTS) is 1. The molecule has 1 saturated heterocycles. The van der Waals surface area contributed by atoms with Gasteiger partial charge >= 0.3 is 5.97 Å². The Labute approximate surface area is 174 Å². The number of amides is 1. The number of benzene rings is 2. The lowest BCUT2D eigenvalue weighted by atomic mass is 9.94. The number of aryl methyl sites for hydroxylation is 1. The number of carbonyl (C=O) groups excluding carboxylic acids is 2. The van der Waals surface area contributed by atoms with Crippen molar-refractivity contribution in [3.8, 4) is 5.75 Å². The number of aliphatic hydroxyl groups excluding tert-OH is 1. The number of carboxylic acids is 1. The zero-order valence-electron chi connectivity index (χ0n) is 16.8. The summed E-state index contributed by atoms with van der Waals surface area (Å²) in [6, 6.07) is 13.0. The third kappa shape index (κ3) is 4.05. The van der Waals surface area contributed by atoms with Crippen LogP contribution in [0, 0.1) is 6.92 Å². The number of aliphatic carboxylic acids is 1. The molecule has 1 aliphatic rings. The van der Waals surface area contributed by atoms with Gasteiger partial charge in [0.15, 0.2) is 0 Å². The molecule has 0 saturated carbocycles. The van der Waals surface area contributed by atoms with Gasteiger partial charge in [-0.3, -0.25) is 14.4 Å². The minimum absolute atomic E-state index is 0.0383. The number of nitrogens with zero attached hydrogens (tertiary/aromatic N) is 1. The van der Waals surface area contributed by atoms with Gasteiger partial charge in [0.05, 0.1) is 18.7 Å². The van der Waals surface area contributed by atoms with Crippen molar-refractivity contribution in [2.24, 2.45) is 0 Å². The average Bonchev–Trinajstić information content (AvgIpc) is 2.98. The molecule has 3 rings (SSSR count). The summed E-state index contributed by atoms with van der Waals surface area (Å²) in [5.41, 5.74) is 1.91. The molecule has 2 N–H and O–H groups in total. The number of ether oxygens (including phenoxy) is 1. The smallest absolute Gasteiger partial charge is 0.303 e. The number of methoxy groups -OCH3 is 1. The standard InChI is InChI=1S/C23H23NO6/c1-14-9-11-15(12-10-14)21(27)19-20(16-6-3-4-7-17(16)30-2)24(23(29)22(19)28)13-5-8-18(25)26/h3-4,6-7,9-12,20,27H,5,8,13H2,1-2H3,(H,25,26)/t20-/m0/s1. The molecule has 1 heterocycles. The summed E-state index contributed by atoms with van der Waals surface area (Å²) in [5.74, 6) is -2.38. The van der Waals surface area contributed by atoms with Gasteiger partial charge in [-0.05, 0) is 19.4 Å². The zero-order chi connectivity index (χ0) is 21.8. The third-order valence-corrected chi connectivity index (χ3v) is 5.09. The maximum absolute atomic E-state index is 12.9. The second-order valence-corrected chi connectivity index (χ2v) is 7.10. The number of likely N-dealkylation sites (tertiary alicyclic amines) is 1. The van der Waals surface area contributed by atoms with Crippen LogP contribution in [0.15, 0.2) is 54.1 Å². The molecule has 1 amide bonds. The molecular formula is C23H23NO6. The van der Waals surface area contributed by atoms with Gasteiger partial charge in [-0.2, -0.15) is 0 Å². The van der Waals surface area contributed by atoms with Gasteiger partial charge in [-0.1, -0.05) is 48.0 Å². The molecule has 7 nitrogen and oxygen atoms in total. The Morgan fingerprint density at radius 1 is 1.07 bits per heavy atom. The summed E-state index contributed by atoms with van der Waals surface area (Å²) in [7, 11) is 1.48.